The smallest absolute Gasteiger partial charge is 0.296 e. The molecule has 0 aliphatic heterocycles. The zero-order chi connectivity index (χ0) is 18.8. The van der Waals surface area contributed by atoms with Gasteiger partial charge in [-0.1, -0.05) is 18.5 Å². The molecule has 0 radical (unpaired) electrons. The number of fused-ring (bicyclic) bond motifs is 1. The molecule has 0 saturated heterocycles. The van der Waals surface area contributed by atoms with Crippen LogP contribution in [0.2, 0.25) is 5.02 Å². The fourth-order valence-electron chi connectivity index (χ4n) is 2.61. The number of halogens is 1. The summed E-state index contributed by atoms with van der Waals surface area (Å²) in [5.74, 6) is 2.02. The van der Waals surface area contributed by atoms with Crippen LogP contribution in [0.3, 0.4) is 0 Å². The van der Waals surface area contributed by atoms with Gasteiger partial charge in [-0.15, -0.1) is 11.8 Å². The summed E-state index contributed by atoms with van der Waals surface area (Å²) >= 11 is 7.97. The van der Waals surface area contributed by atoms with E-state index in [2.05, 4.69) is 37.3 Å². The molecule has 0 aliphatic rings. The number of nitrogens with one attached hydrogen (secondary N) is 1. The summed E-state index contributed by atoms with van der Waals surface area (Å²) in [6.07, 6.45) is 4.77. The number of hydrogen-bond acceptors (Lipinski definition) is 8. The van der Waals surface area contributed by atoms with E-state index < -0.39 is 0 Å². The van der Waals surface area contributed by atoms with E-state index in [-0.39, 0.29) is 6.04 Å². The second-order valence-corrected chi connectivity index (χ2v) is 7.36. The van der Waals surface area contributed by atoms with Crippen molar-refractivity contribution < 1.29 is 4.42 Å². The number of nitrogens with zero attached hydrogens (tertiary/aromatic N) is 6. The maximum Gasteiger partial charge on any atom is 0.296 e. The van der Waals surface area contributed by atoms with Crippen LogP contribution < -0.4 is 5.32 Å². The number of oxazole rings is 1. The predicted octanol–water partition coefficient (Wildman–Crippen LogP) is 4.14. The van der Waals surface area contributed by atoms with Gasteiger partial charge < -0.3 is 9.73 Å². The molecule has 0 unspecified atom stereocenters. The first kappa shape index (κ1) is 17.7. The molecule has 0 aliphatic carbocycles. The summed E-state index contributed by atoms with van der Waals surface area (Å²) in [6.45, 7) is 4.01. The lowest BCUT2D eigenvalue weighted by Gasteiger charge is -2.11. The number of rotatable bonds is 6. The Morgan fingerprint density at radius 1 is 1.26 bits per heavy atom. The lowest BCUT2D eigenvalue weighted by molar-refractivity contribution is 0.592. The molecule has 0 saturated carbocycles. The van der Waals surface area contributed by atoms with E-state index in [9.17, 15) is 0 Å². The molecule has 0 fully saturated rings. The fourth-order valence-corrected chi connectivity index (χ4v) is 3.63. The van der Waals surface area contributed by atoms with Crippen LogP contribution in [-0.2, 0) is 0 Å². The zero-order valence-electron chi connectivity index (χ0n) is 14.6. The quantitative estimate of drug-likeness (QED) is 0.482. The molecular formula is C17H16ClN7OS. The number of aromatic nitrogens is 6. The summed E-state index contributed by atoms with van der Waals surface area (Å²) in [5, 5.41) is 8.08. The van der Waals surface area contributed by atoms with Crippen LogP contribution in [0.4, 0.5) is 6.01 Å². The SMILES string of the molecule is CCSc1cc2oc(N[C@@H](C)c3ncnn3-c3ncccn3)nc2cc1Cl. The minimum absolute atomic E-state index is 0.232. The Morgan fingerprint density at radius 2 is 2.07 bits per heavy atom. The summed E-state index contributed by atoms with van der Waals surface area (Å²) in [5.41, 5.74) is 1.38. The van der Waals surface area contributed by atoms with Crippen LogP contribution in [0.15, 0.2) is 46.2 Å². The molecule has 0 bridgehead atoms. The first-order chi connectivity index (χ1) is 13.2. The largest absolute Gasteiger partial charge is 0.424 e. The average molecular weight is 402 g/mol. The molecule has 1 aromatic carbocycles. The van der Waals surface area contributed by atoms with Crippen molar-refractivity contribution in [3.63, 3.8) is 0 Å². The van der Waals surface area contributed by atoms with Gasteiger partial charge in [-0.05, 0) is 30.9 Å². The number of anilines is 1. The predicted molar refractivity (Wildman–Crippen MR) is 104 cm³/mol. The van der Waals surface area contributed by atoms with Gasteiger partial charge in [-0.25, -0.2) is 15.0 Å². The normalized spacial score (nSPS) is 12.4. The van der Waals surface area contributed by atoms with E-state index in [1.54, 1.807) is 34.9 Å². The van der Waals surface area contributed by atoms with E-state index in [0.717, 1.165) is 10.6 Å². The molecule has 0 amide bonds. The zero-order valence-corrected chi connectivity index (χ0v) is 16.2. The Morgan fingerprint density at radius 3 is 2.85 bits per heavy atom. The van der Waals surface area contributed by atoms with E-state index in [4.69, 9.17) is 16.0 Å². The molecule has 4 rings (SSSR count). The van der Waals surface area contributed by atoms with Crippen molar-refractivity contribution in [2.75, 3.05) is 11.1 Å². The Labute approximate surface area is 164 Å². The first-order valence-corrected chi connectivity index (χ1v) is 9.68. The van der Waals surface area contributed by atoms with E-state index >= 15 is 0 Å². The van der Waals surface area contributed by atoms with E-state index in [1.165, 1.54) is 6.33 Å². The average Bonchev–Trinajstić information content (AvgIpc) is 3.29. The Bertz CT molecular complexity index is 1070. The van der Waals surface area contributed by atoms with Crippen molar-refractivity contribution in [1.29, 1.82) is 0 Å². The van der Waals surface area contributed by atoms with Crippen molar-refractivity contribution in [1.82, 2.24) is 29.7 Å². The first-order valence-electron chi connectivity index (χ1n) is 8.32. The third-order valence-corrected chi connectivity index (χ3v) is 5.15. The highest BCUT2D eigenvalue weighted by molar-refractivity contribution is 7.99. The third kappa shape index (κ3) is 3.60. The number of hydrogen-bond donors (Lipinski definition) is 1. The van der Waals surface area contributed by atoms with Crippen molar-refractivity contribution in [2.45, 2.75) is 24.8 Å². The topological polar surface area (TPSA) is 94.6 Å². The minimum atomic E-state index is -0.232. The van der Waals surface area contributed by atoms with Gasteiger partial charge in [-0.2, -0.15) is 14.8 Å². The molecule has 27 heavy (non-hydrogen) atoms. The molecule has 3 aromatic heterocycles. The molecule has 0 spiro atoms. The summed E-state index contributed by atoms with van der Waals surface area (Å²) < 4.78 is 7.42. The van der Waals surface area contributed by atoms with Crippen LogP contribution >= 0.6 is 23.4 Å². The van der Waals surface area contributed by atoms with Gasteiger partial charge in [0.05, 0.1) is 11.1 Å². The second-order valence-electron chi connectivity index (χ2n) is 5.65. The fraction of sp³-hybridized carbons (Fsp3) is 0.235. The van der Waals surface area contributed by atoms with Crippen LogP contribution in [0.1, 0.15) is 25.7 Å². The monoisotopic (exact) mass is 401 g/mol. The van der Waals surface area contributed by atoms with Crippen LogP contribution in [0.25, 0.3) is 17.0 Å². The molecule has 1 N–H and O–H groups in total. The molecule has 138 valence electrons. The van der Waals surface area contributed by atoms with Crippen molar-refractivity contribution >= 4 is 40.5 Å². The Kier molecular flexibility index (Phi) is 4.95. The molecule has 8 nitrogen and oxygen atoms in total. The van der Waals surface area contributed by atoms with Crippen LogP contribution in [-0.4, -0.2) is 35.5 Å². The van der Waals surface area contributed by atoms with Gasteiger partial charge in [0, 0.05) is 17.3 Å². The molecule has 4 aromatic rings. The lowest BCUT2D eigenvalue weighted by Crippen LogP contribution is -2.15. The maximum atomic E-state index is 6.31. The summed E-state index contributed by atoms with van der Waals surface area (Å²) in [4.78, 5) is 18.2. The molecule has 3 heterocycles. The van der Waals surface area contributed by atoms with Gasteiger partial charge in [0.25, 0.3) is 12.0 Å². The number of thioether (sulfide) groups is 1. The minimum Gasteiger partial charge on any atom is -0.424 e. The third-order valence-electron chi connectivity index (χ3n) is 3.78. The van der Waals surface area contributed by atoms with Crippen molar-refractivity contribution in [3.05, 3.63) is 47.8 Å². The van der Waals surface area contributed by atoms with Crippen LogP contribution in [0, 0.1) is 0 Å². The van der Waals surface area contributed by atoms with Gasteiger partial charge in [-0.3, -0.25) is 0 Å². The Hall–Kier alpha value is -2.65. The van der Waals surface area contributed by atoms with Gasteiger partial charge >= 0.3 is 0 Å². The van der Waals surface area contributed by atoms with Crippen molar-refractivity contribution in [2.24, 2.45) is 0 Å². The van der Waals surface area contributed by atoms with Gasteiger partial charge in [0.2, 0.25) is 0 Å². The highest BCUT2D eigenvalue weighted by Gasteiger charge is 2.18. The highest BCUT2D eigenvalue weighted by atomic mass is 35.5. The lowest BCUT2D eigenvalue weighted by atomic mass is 10.3. The summed E-state index contributed by atoms with van der Waals surface area (Å²) in [6, 6.07) is 5.62. The Balaban J connectivity index is 1.60. The van der Waals surface area contributed by atoms with E-state index in [0.29, 0.717) is 33.9 Å². The molecule has 1 atom stereocenters. The van der Waals surface area contributed by atoms with E-state index in [1.807, 2.05) is 19.1 Å². The molecular weight excluding hydrogens is 386 g/mol. The van der Waals surface area contributed by atoms with Crippen LogP contribution in [0.5, 0.6) is 0 Å². The highest BCUT2D eigenvalue weighted by Crippen LogP contribution is 2.33. The molecule has 10 heteroatoms. The maximum absolute atomic E-state index is 6.31. The van der Waals surface area contributed by atoms with Gasteiger partial charge in [0.15, 0.2) is 11.4 Å². The summed E-state index contributed by atoms with van der Waals surface area (Å²) in [7, 11) is 0. The number of benzene rings is 1. The standard InChI is InChI=1S/C17H16ClN7OS/c1-3-27-14-8-13-12(7-11(14)18)24-17(26-13)23-10(2)15-21-9-22-25(15)16-19-5-4-6-20-16/h4-10H,3H2,1-2H3,(H,23,24)/t10-/m0/s1. The van der Waals surface area contributed by atoms with Crippen molar-refractivity contribution in [3.8, 4) is 5.95 Å². The second kappa shape index (κ2) is 7.53. The van der Waals surface area contributed by atoms with Gasteiger partial charge in [0.1, 0.15) is 11.8 Å².